The van der Waals surface area contributed by atoms with Gasteiger partial charge in [-0.25, -0.2) is 9.37 Å². The molecule has 0 aliphatic heterocycles. The van der Waals surface area contributed by atoms with Crippen LogP contribution in [0.4, 0.5) is 4.39 Å². The fourth-order valence-corrected chi connectivity index (χ4v) is 2.02. The summed E-state index contributed by atoms with van der Waals surface area (Å²) < 4.78 is 18.7. The largest absolute Gasteiger partial charge is 0.437 e. The Hall–Kier alpha value is -1.65. The predicted octanol–water partition coefficient (Wildman–Crippen LogP) is 4.47. The van der Waals surface area contributed by atoms with Crippen LogP contribution in [0.2, 0.25) is 5.02 Å². The van der Waals surface area contributed by atoms with Gasteiger partial charge in [0.2, 0.25) is 5.88 Å². The molecule has 1 aromatic carbocycles. The van der Waals surface area contributed by atoms with Crippen LogP contribution >= 0.6 is 11.6 Å². The number of hydrogen-bond acceptors (Lipinski definition) is 3. The lowest BCUT2D eigenvalue weighted by atomic mass is 10.2. The first-order valence-corrected chi connectivity index (χ1v) is 7.15. The molecule has 5 heteroatoms. The van der Waals surface area contributed by atoms with Crippen LogP contribution in [0.3, 0.4) is 0 Å². The van der Waals surface area contributed by atoms with Crippen LogP contribution in [0.1, 0.15) is 25.0 Å². The van der Waals surface area contributed by atoms with E-state index in [9.17, 15) is 4.39 Å². The quantitative estimate of drug-likeness (QED) is 0.884. The van der Waals surface area contributed by atoms with E-state index < -0.39 is 0 Å². The molecule has 2 rings (SSSR count). The molecular weight excluding hydrogens is 291 g/mol. The molecule has 0 aliphatic rings. The highest BCUT2D eigenvalue weighted by molar-refractivity contribution is 6.31. The molecule has 21 heavy (non-hydrogen) atoms. The Kier molecular flexibility index (Phi) is 5.15. The molecule has 0 bridgehead atoms. The van der Waals surface area contributed by atoms with E-state index in [-0.39, 0.29) is 5.82 Å². The molecule has 0 saturated heterocycles. The molecule has 0 spiro atoms. The van der Waals surface area contributed by atoms with Crippen molar-refractivity contribution in [1.82, 2.24) is 10.3 Å². The number of ether oxygens (including phenoxy) is 1. The zero-order valence-corrected chi connectivity index (χ0v) is 13.0. The van der Waals surface area contributed by atoms with Gasteiger partial charge in [-0.05, 0) is 42.3 Å². The zero-order valence-electron chi connectivity index (χ0n) is 12.3. The number of pyridine rings is 1. The van der Waals surface area contributed by atoms with E-state index in [1.165, 1.54) is 12.1 Å². The molecule has 1 N–H and O–H groups in total. The SMILES string of the molecule is Cc1cc(F)ccc1Oc1ncc(CNC(C)C)cc1Cl. The smallest absolute Gasteiger partial charge is 0.238 e. The molecule has 0 amide bonds. The van der Waals surface area contributed by atoms with Gasteiger partial charge in [0, 0.05) is 18.8 Å². The fourth-order valence-electron chi connectivity index (χ4n) is 1.79. The van der Waals surface area contributed by atoms with Crippen LogP contribution in [0.25, 0.3) is 0 Å². The third-order valence-corrected chi connectivity index (χ3v) is 3.19. The van der Waals surface area contributed by atoms with Gasteiger partial charge in [-0.3, -0.25) is 0 Å². The minimum Gasteiger partial charge on any atom is -0.437 e. The van der Waals surface area contributed by atoms with E-state index in [1.807, 2.05) is 6.07 Å². The summed E-state index contributed by atoms with van der Waals surface area (Å²) >= 11 is 6.19. The standard InChI is InChI=1S/C16H18ClFN2O/c1-10(2)19-8-12-7-14(17)16(20-9-12)21-15-5-4-13(18)6-11(15)3/h4-7,9-10,19H,8H2,1-3H3. The molecule has 0 unspecified atom stereocenters. The minimum atomic E-state index is -0.297. The van der Waals surface area contributed by atoms with E-state index in [4.69, 9.17) is 16.3 Å². The van der Waals surface area contributed by atoms with Crippen molar-refractivity contribution < 1.29 is 9.13 Å². The summed E-state index contributed by atoms with van der Waals surface area (Å²) in [6, 6.07) is 6.53. The highest BCUT2D eigenvalue weighted by atomic mass is 35.5. The van der Waals surface area contributed by atoms with Gasteiger partial charge in [0.25, 0.3) is 0 Å². The first-order chi connectivity index (χ1) is 9.95. The third-order valence-electron chi connectivity index (χ3n) is 2.92. The van der Waals surface area contributed by atoms with Crippen LogP contribution in [0, 0.1) is 12.7 Å². The lowest BCUT2D eigenvalue weighted by molar-refractivity contribution is 0.457. The molecule has 3 nitrogen and oxygen atoms in total. The van der Waals surface area contributed by atoms with Crippen LogP contribution in [0.15, 0.2) is 30.5 Å². The third kappa shape index (κ3) is 4.41. The number of nitrogens with one attached hydrogen (secondary N) is 1. The molecule has 0 fully saturated rings. The molecular formula is C16H18ClFN2O. The topological polar surface area (TPSA) is 34.1 Å². The predicted molar refractivity (Wildman–Crippen MR) is 82.4 cm³/mol. The number of halogens is 2. The van der Waals surface area contributed by atoms with Crippen LogP contribution in [-0.2, 0) is 6.54 Å². The van der Waals surface area contributed by atoms with Crippen molar-refractivity contribution in [2.75, 3.05) is 0 Å². The lowest BCUT2D eigenvalue weighted by Crippen LogP contribution is -2.21. The first-order valence-electron chi connectivity index (χ1n) is 6.77. The van der Waals surface area contributed by atoms with Crippen molar-refractivity contribution in [3.63, 3.8) is 0 Å². The molecule has 112 valence electrons. The Bertz CT molecular complexity index is 632. The normalized spacial score (nSPS) is 11.0. The summed E-state index contributed by atoms with van der Waals surface area (Å²) in [5, 5.41) is 3.72. The average Bonchev–Trinajstić information content (AvgIpc) is 2.42. The molecule has 1 heterocycles. The Morgan fingerprint density at radius 1 is 1.33 bits per heavy atom. The molecule has 0 aliphatic carbocycles. The van der Waals surface area contributed by atoms with Crippen molar-refractivity contribution in [3.8, 4) is 11.6 Å². The maximum atomic E-state index is 13.1. The Morgan fingerprint density at radius 3 is 2.71 bits per heavy atom. The van der Waals surface area contributed by atoms with Crippen LogP contribution in [-0.4, -0.2) is 11.0 Å². The van der Waals surface area contributed by atoms with Crippen molar-refractivity contribution >= 4 is 11.6 Å². The van der Waals surface area contributed by atoms with E-state index >= 15 is 0 Å². The number of benzene rings is 1. The van der Waals surface area contributed by atoms with E-state index in [2.05, 4.69) is 24.1 Å². The van der Waals surface area contributed by atoms with Crippen molar-refractivity contribution in [2.24, 2.45) is 0 Å². The first kappa shape index (κ1) is 15.7. The van der Waals surface area contributed by atoms with Crippen molar-refractivity contribution in [2.45, 2.75) is 33.4 Å². The second kappa shape index (κ2) is 6.87. The van der Waals surface area contributed by atoms with E-state index in [0.29, 0.717) is 34.8 Å². The average molecular weight is 309 g/mol. The molecule has 1 aromatic heterocycles. The summed E-state index contributed by atoms with van der Waals surface area (Å²) in [6.07, 6.45) is 1.72. The monoisotopic (exact) mass is 308 g/mol. The number of hydrogen-bond donors (Lipinski definition) is 1. The van der Waals surface area contributed by atoms with Gasteiger partial charge < -0.3 is 10.1 Å². The maximum absolute atomic E-state index is 13.1. The zero-order chi connectivity index (χ0) is 15.4. The highest BCUT2D eigenvalue weighted by Crippen LogP contribution is 2.29. The van der Waals surface area contributed by atoms with Gasteiger partial charge in [-0.15, -0.1) is 0 Å². The van der Waals surface area contributed by atoms with Crippen molar-refractivity contribution in [1.29, 1.82) is 0 Å². The second-order valence-electron chi connectivity index (χ2n) is 5.18. The van der Waals surface area contributed by atoms with E-state index in [0.717, 1.165) is 5.56 Å². The molecule has 0 radical (unpaired) electrons. The maximum Gasteiger partial charge on any atom is 0.238 e. The van der Waals surface area contributed by atoms with Gasteiger partial charge in [0.15, 0.2) is 0 Å². The summed E-state index contributed by atoms with van der Waals surface area (Å²) in [4.78, 5) is 4.23. The molecule has 0 saturated carbocycles. The minimum absolute atomic E-state index is 0.297. The number of nitrogens with zero attached hydrogens (tertiary/aromatic N) is 1. The van der Waals surface area contributed by atoms with E-state index in [1.54, 1.807) is 19.2 Å². The molecule has 2 aromatic rings. The molecule has 0 atom stereocenters. The van der Waals surface area contributed by atoms with Crippen LogP contribution in [0.5, 0.6) is 11.6 Å². The summed E-state index contributed by atoms with van der Waals surface area (Å²) in [7, 11) is 0. The van der Waals surface area contributed by atoms with Crippen molar-refractivity contribution in [3.05, 3.63) is 52.4 Å². The number of aryl methyl sites for hydroxylation is 1. The lowest BCUT2D eigenvalue weighted by Gasteiger charge is -2.11. The fraction of sp³-hybridized carbons (Fsp3) is 0.312. The highest BCUT2D eigenvalue weighted by Gasteiger charge is 2.09. The Morgan fingerprint density at radius 2 is 2.10 bits per heavy atom. The number of rotatable bonds is 5. The van der Waals surface area contributed by atoms with Gasteiger partial charge in [0.1, 0.15) is 16.6 Å². The van der Waals surface area contributed by atoms with Crippen LogP contribution < -0.4 is 10.1 Å². The van der Waals surface area contributed by atoms with Gasteiger partial charge in [-0.1, -0.05) is 25.4 Å². The summed E-state index contributed by atoms with van der Waals surface area (Å²) in [5.41, 5.74) is 1.68. The van der Waals surface area contributed by atoms with Gasteiger partial charge in [0.05, 0.1) is 0 Å². The Labute approximate surface area is 129 Å². The summed E-state index contributed by atoms with van der Waals surface area (Å²) in [6.45, 7) is 6.61. The van der Waals surface area contributed by atoms with Gasteiger partial charge >= 0.3 is 0 Å². The summed E-state index contributed by atoms with van der Waals surface area (Å²) in [5.74, 6) is 0.563. The second-order valence-corrected chi connectivity index (χ2v) is 5.59. The number of aromatic nitrogens is 1. The van der Waals surface area contributed by atoms with Gasteiger partial charge in [-0.2, -0.15) is 0 Å². The Balaban J connectivity index is 2.13.